The number of rotatable bonds is 4. The predicted molar refractivity (Wildman–Crippen MR) is 106 cm³/mol. The first-order valence-corrected chi connectivity index (χ1v) is 9.58. The molecule has 154 valence electrons. The predicted octanol–water partition coefficient (Wildman–Crippen LogP) is 5.00. The highest BCUT2D eigenvalue weighted by Crippen LogP contribution is 2.41. The van der Waals surface area contributed by atoms with Crippen LogP contribution in [-0.4, -0.2) is 26.5 Å². The van der Waals surface area contributed by atoms with Gasteiger partial charge < -0.3 is 9.67 Å². The van der Waals surface area contributed by atoms with E-state index in [1.54, 1.807) is 13.8 Å². The number of hydrogen-bond acceptors (Lipinski definition) is 3. The van der Waals surface area contributed by atoms with Crippen molar-refractivity contribution in [2.75, 3.05) is 5.32 Å². The number of halogens is 2. The van der Waals surface area contributed by atoms with E-state index in [9.17, 15) is 18.7 Å². The van der Waals surface area contributed by atoms with Gasteiger partial charge in [0.25, 0.3) is 0 Å². The number of hydrogen-bond donors (Lipinski definition) is 2. The second-order valence-corrected chi connectivity index (χ2v) is 8.44. The Morgan fingerprint density at radius 1 is 1.32 bits per heavy atom. The van der Waals surface area contributed by atoms with Crippen LogP contribution in [0.25, 0.3) is 11.0 Å². The van der Waals surface area contributed by atoms with Crippen molar-refractivity contribution in [2.24, 2.45) is 5.92 Å². The van der Waals surface area contributed by atoms with Gasteiger partial charge in [-0.05, 0) is 57.2 Å². The van der Waals surface area contributed by atoms with Crippen molar-refractivity contribution >= 4 is 22.9 Å². The number of carbonyl (C=O) groups is 1. The third kappa shape index (κ3) is 3.77. The zero-order valence-electron chi connectivity index (χ0n) is 15.6. The molecule has 5 nitrogen and oxygen atoms in total. The fourth-order valence-corrected chi connectivity index (χ4v) is 3.96. The van der Waals surface area contributed by atoms with Gasteiger partial charge >= 0.3 is 0 Å². The highest BCUT2D eigenvalue weighted by Gasteiger charge is 2.42. The molecule has 7 heteroatoms. The van der Waals surface area contributed by atoms with Gasteiger partial charge in [-0.3, -0.25) is 10.1 Å². The highest BCUT2D eigenvalue weighted by atomic mass is 19.3. The summed E-state index contributed by atoms with van der Waals surface area (Å²) in [7, 11) is 0. The number of benzene rings is 1. The Morgan fingerprint density at radius 3 is 2.57 bits per heavy atom. The molecule has 1 heterocycles. The molecule has 2 fully saturated rings. The van der Waals surface area contributed by atoms with Crippen molar-refractivity contribution < 1.29 is 18.7 Å². The van der Waals surface area contributed by atoms with Crippen molar-refractivity contribution in [3.63, 3.8) is 0 Å². The van der Waals surface area contributed by atoms with Crippen LogP contribution < -0.4 is 5.32 Å². The molecule has 1 aromatic heterocycles. The van der Waals surface area contributed by atoms with E-state index in [1.165, 1.54) is 0 Å². The summed E-state index contributed by atoms with van der Waals surface area (Å²) < 4.78 is 28.9. The normalized spacial score (nSPS) is 22.0. The Bertz CT molecular complexity index is 882. The molecule has 2 saturated carbocycles. The van der Waals surface area contributed by atoms with Gasteiger partial charge in [0.15, 0.2) is 0 Å². The van der Waals surface area contributed by atoms with Gasteiger partial charge in [-0.15, -0.1) is 0 Å². The number of alkyl halides is 2. The summed E-state index contributed by atoms with van der Waals surface area (Å²) in [5.41, 5.74) is 1.36. The summed E-state index contributed by atoms with van der Waals surface area (Å²) >= 11 is 0. The molecular weight excluding hydrogens is 364 g/mol. The molecule has 2 aliphatic carbocycles. The number of aliphatic hydroxyl groups is 1. The molecular formula is C21H29F2N3O2. The van der Waals surface area contributed by atoms with E-state index in [2.05, 4.69) is 10.3 Å². The van der Waals surface area contributed by atoms with Gasteiger partial charge in [0.1, 0.15) is 0 Å². The van der Waals surface area contributed by atoms with Crippen LogP contribution in [0.2, 0.25) is 0 Å². The Kier molecular flexibility index (Phi) is 5.25. The summed E-state index contributed by atoms with van der Waals surface area (Å²) in [6.45, 7) is 3.45. The molecule has 1 aromatic carbocycles. The zero-order valence-corrected chi connectivity index (χ0v) is 15.6. The largest absolute Gasteiger partial charge is 0.386 e. The quantitative estimate of drug-likeness (QED) is 0.768. The lowest BCUT2D eigenvalue weighted by molar-refractivity contribution is -0.120. The summed E-state index contributed by atoms with van der Waals surface area (Å²) in [5, 5.41) is 13.1. The molecule has 2 aromatic rings. The smallest absolute Gasteiger partial charge is 0.248 e. The monoisotopic (exact) mass is 393 g/mol. The van der Waals surface area contributed by atoms with Crippen molar-refractivity contribution in [3.05, 3.63) is 23.8 Å². The van der Waals surface area contributed by atoms with E-state index in [0.29, 0.717) is 5.95 Å². The zero-order chi connectivity index (χ0) is 19.4. The van der Waals surface area contributed by atoms with E-state index in [0.717, 1.165) is 35.9 Å². The van der Waals surface area contributed by atoms with Gasteiger partial charge in [0.05, 0.1) is 16.6 Å². The van der Waals surface area contributed by atoms with Gasteiger partial charge in [-0.25, -0.2) is 13.8 Å². The lowest BCUT2D eigenvalue weighted by atomic mass is 9.92. The van der Waals surface area contributed by atoms with E-state index >= 15 is 0 Å². The summed E-state index contributed by atoms with van der Waals surface area (Å²) in [4.78, 5) is 17.1. The first-order valence-electron chi connectivity index (χ1n) is 9.58. The second kappa shape index (κ2) is 7.10. The average Bonchev–Trinajstić information content (AvgIpc) is 3.05. The van der Waals surface area contributed by atoms with Crippen LogP contribution in [0.4, 0.5) is 14.7 Å². The Hall–Kier alpha value is -2.02. The number of amides is 1. The molecule has 0 spiro atoms. The molecule has 0 radical (unpaired) electrons. The molecule has 28 heavy (non-hydrogen) atoms. The van der Waals surface area contributed by atoms with Crippen molar-refractivity contribution in [3.8, 4) is 0 Å². The van der Waals surface area contributed by atoms with E-state index in [4.69, 9.17) is 0 Å². The molecule has 1 amide bonds. The SMILES string of the molecule is C.CC(C)(O)c1ccc2nc(NC(=O)C3CCC(F)(F)C3)n(C3CCC3)c2c1. The Morgan fingerprint density at radius 2 is 2.04 bits per heavy atom. The first-order chi connectivity index (χ1) is 12.6. The molecule has 2 aliphatic rings. The summed E-state index contributed by atoms with van der Waals surface area (Å²) in [6.07, 6.45) is 2.65. The Labute approximate surface area is 164 Å². The maximum absolute atomic E-state index is 13.5. The minimum Gasteiger partial charge on any atom is -0.386 e. The van der Waals surface area contributed by atoms with Crippen molar-refractivity contribution in [1.29, 1.82) is 0 Å². The number of imidazole rings is 1. The van der Waals surface area contributed by atoms with E-state index in [-0.39, 0.29) is 32.2 Å². The van der Waals surface area contributed by atoms with Crippen LogP contribution >= 0.6 is 0 Å². The van der Waals surface area contributed by atoms with Gasteiger partial charge in [0, 0.05) is 24.8 Å². The fraction of sp³-hybridized carbons (Fsp3) is 0.619. The second-order valence-electron chi connectivity index (χ2n) is 8.44. The summed E-state index contributed by atoms with van der Waals surface area (Å²) in [6, 6.07) is 5.79. The molecule has 1 unspecified atom stereocenters. The van der Waals surface area contributed by atoms with E-state index in [1.807, 2.05) is 22.8 Å². The van der Waals surface area contributed by atoms with Gasteiger partial charge in [-0.2, -0.15) is 0 Å². The molecule has 2 N–H and O–H groups in total. The van der Waals surface area contributed by atoms with Gasteiger partial charge in [0.2, 0.25) is 17.8 Å². The highest BCUT2D eigenvalue weighted by molar-refractivity contribution is 5.93. The molecule has 0 saturated heterocycles. The number of nitrogens with zero attached hydrogens (tertiary/aromatic N) is 2. The topological polar surface area (TPSA) is 67.2 Å². The lowest BCUT2D eigenvalue weighted by Crippen LogP contribution is -2.26. The van der Waals surface area contributed by atoms with Crippen molar-refractivity contribution in [2.45, 2.75) is 77.4 Å². The van der Waals surface area contributed by atoms with E-state index < -0.39 is 23.9 Å². The van der Waals surface area contributed by atoms with Crippen LogP contribution in [0, 0.1) is 5.92 Å². The molecule has 4 rings (SSSR count). The first kappa shape index (κ1) is 20.7. The summed E-state index contributed by atoms with van der Waals surface area (Å²) in [5.74, 6) is -3.40. The number of nitrogens with one attached hydrogen (secondary N) is 1. The number of aromatic nitrogens is 2. The van der Waals surface area contributed by atoms with Gasteiger partial charge in [-0.1, -0.05) is 13.5 Å². The maximum atomic E-state index is 13.5. The number of fused-ring (bicyclic) bond motifs is 1. The third-order valence-electron chi connectivity index (χ3n) is 5.85. The minimum atomic E-state index is -2.75. The number of anilines is 1. The van der Waals surface area contributed by atoms with Crippen LogP contribution in [0.5, 0.6) is 0 Å². The fourth-order valence-electron chi connectivity index (χ4n) is 3.96. The average molecular weight is 393 g/mol. The minimum absolute atomic E-state index is 0. The van der Waals surface area contributed by atoms with Crippen LogP contribution in [0.1, 0.15) is 71.4 Å². The molecule has 0 bridgehead atoms. The van der Waals surface area contributed by atoms with Crippen LogP contribution in [-0.2, 0) is 10.4 Å². The molecule has 0 aliphatic heterocycles. The maximum Gasteiger partial charge on any atom is 0.248 e. The lowest BCUT2D eigenvalue weighted by Gasteiger charge is -2.29. The molecule has 1 atom stereocenters. The Balaban J connectivity index is 0.00000225. The van der Waals surface area contributed by atoms with Crippen molar-refractivity contribution in [1.82, 2.24) is 9.55 Å². The standard InChI is InChI=1S/C20H25F2N3O2.CH4/c1-19(2,27)13-6-7-15-16(10-13)25(14-4-3-5-14)18(23-15)24-17(26)12-8-9-20(21,22)11-12;/h6-7,10,12,14,27H,3-5,8-9,11H2,1-2H3,(H,23,24,26);1H4. The third-order valence-corrected chi connectivity index (χ3v) is 5.85. The van der Waals surface area contributed by atoms with Crippen LogP contribution in [0.15, 0.2) is 18.2 Å². The number of carbonyl (C=O) groups excluding carboxylic acids is 1. The van der Waals surface area contributed by atoms with Crippen LogP contribution in [0.3, 0.4) is 0 Å².